The first-order valence-corrected chi connectivity index (χ1v) is 8.62. The lowest BCUT2D eigenvalue weighted by Gasteiger charge is -2.24. The molecule has 0 aliphatic carbocycles. The van der Waals surface area contributed by atoms with Crippen molar-refractivity contribution < 1.29 is 23.1 Å². The predicted octanol–water partition coefficient (Wildman–Crippen LogP) is -0.632. The summed E-state index contributed by atoms with van der Waals surface area (Å²) < 4.78 is 26.4. The van der Waals surface area contributed by atoms with E-state index in [0.29, 0.717) is 12.8 Å². The minimum atomic E-state index is -3.80. The molecule has 23 heavy (non-hydrogen) atoms. The van der Waals surface area contributed by atoms with Crippen LogP contribution in [-0.4, -0.2) is 54.9 Å². The predicted molar refractivity (Wildman–Crippen MR) is 82.0 cm³/mol. The number of nitrogens with zero attached hydrogens (tertiary/aromatic N) is 1. The molecule has 2 rings (SSSR count). The zero-order valence-corrected chi connectivity index (χ0v) is 13.2. The molecule has 2 atom stereocenters. The lowest BCUT2D eigenvalue weighted by molar-refractivity contribution is -0.142. The van der Waals surface area contributed by atoms with Crippen LogP contribution in [0.25, 0.3) is 0 Å². The van der Waals surface area contributed by atoms with Crippen molar-refractivity contribution in [1.82, 2.24) is 9.62 Å². The number of carboxylic acids is 1. The Morgan fingerprint density at radius 1 is 1.35 bits per heavy atom. The molecule has 0 bridgehead atoms. The molecule has 1 aromatic carbocycles. The van der Waals surface area contributed by atoms with Crippen LogP contribution < -0.4 is 11.1 Å². The Morgan fingerprint density at radius 2 is 2.00 bits per heavy atom. The largest absolute Gasteiger partial charge is 0.480 e. The number of amides is 1. The molecule has 1 aliphatic rings. The van der Waals surface area contributed by atoms with Crippen molar-refractivity contribution in [3.8, 4) is 0 Å². The van der Waals surface area contributed by atoms with E-state index in [2.05, 4.69) is 5.32 Å². The summed E-state index contributed by atoms with van der Waals surface area (Å²) >= 11 is 0. The van der Waals surface area contributed by atoms with E-state index in [-0.39, 0.29) is 18.0 Å². The van der Waals surface area contributed by atoms with Gasteiger partial charge in [-0.3, -0.25) is 4.79 Å². The molecule has 2 unspecified atom stereocenters. The number of benzene rings is 1. The Morgan fingerprint density at radius 3 is 2.57 bits per heavy atom. The molecule has 4 N–H and O–H groups in total. The molecule has 8 nitrogen and oxygen atoms in total. The first kappa shape index (κ1) is 17.4. The second-order valence-corrected chi connectivity index (χ2v) is 7.11. The maximum Gasteiger partial charge on any atom is 0.327 e. The molecule has 1 heterocycles. The normalized spacial score (nSPS) is 20.1. The van der Waals surface area contributed by atoms with E-state index in [0.717, 1.165) is 4.31 Å². The van der Waals surface area contributed by atoms with Crippen LogP contribution in [0.15, 0.2) is 35.2 Å². The van der Waals surface area contributed by atoms with Crippen LogP contribution in [0, 0.1) is 0 Å². The van der Waals surface area contributed by atoms with Gasteiger partial charge < -0.3 is 16.2 Å². The SMILES string of the molecule is NCC(NC(=O)C1CCCN1S(=O)(=O)c1ccccc1)C(=O)O. The zero-order chi connectivity index (χ0) is 17.0. The van der Waals surface area contributed by atoms with Crippen molar-refractivity contribution in [1.29, 1.82) is 0 Å². The summed E-state index contributed by atoms with van der Waals surface area (Å²) in [6.07, 6.45) is 0.874. The Bertz CT molecular complexity index is 677. The summed E-state index contributed by atoms with van der Waals surface area (Å²) in [6.45, 7) is -0.0467. The number of hydrogen-bond donors (Lipinski definition) is 3. The zero-order valence-electron chi connectivity index (χ0n) is 12.4. The number of rotatable bonds is 6. The van der Waals surface area contributed by atoms with Crippen LogP contribution in [0.1, 0.15) is 12.8 Å². The van der Waals surface area contributed by atoms with Gasteiger partial charge in [-0.2, -0.15) is 4.31 Å². The molecule has 126 valence electrons. The number of carbonyl (C=O) groups excluding carboxylic acids is 1. The molecule has 1 saturated heterocycles. The van der Waals surface area contributed by atoms with Gasteiger partial charge in [0.15, 0.2) is 0 Å². The van der Waals surface area contributed by atoms with E-state index >= 15 is 0 Å². The Hall–Kier alpha value is -1.97. The highest BCUT2D eigenvalue weighted by Crippen LogP contribution is 2.26. The highest BCUT2D eigenvalue weighted by Gasteiger charge is 2.40. The summed E-state index contributed by atoms with van der Waals surface area (Å²) in [5, 5.41) is 11.2. The topological polar surface area (TPSA) is 130 Å². The van der Waals surface area contributed by atoms with Crippen LogP contribution in [0.4, 0.5) is 0 Å². The lowest BCUT2D eigenvalue weighted by atomic mass is 10.2. The maximum atomic E-state index is 12.6. The number of sulfonamides is 1. The summed E-state index contributed by atoms with van der Waals surface area (Å²) in [4.78, 5) is 23.3. The summed E-state index contributed by atoms with van der Waals surface area (Å²) in [7, 11) is -3.80. The fourth-order valence-electron chi connectivity index (χ4n) is 2.51. The van der Waals surface area contributed by atoms with E-state index in [4.69, 9.17) is 10.8 Å². The highest BCUT2D eigenvalue weighted by atomic mass is 32.2. The van der Waals surface area contributed by atoms with Gasteiger partial charge in [0.05, 0.1) is 4.90 Å². The minimum Gasteiger partial charge on any atom is -0.480 e. The molecular weight excluding hydrogens is 322 g/mol. The van der Waals surface area contributed by atoms with Gasteiger partial charge in [0.2, 0.25) is 15.9 Å². The molecule has 1 aliphatic heterocycles. The monoisotopic (exact) mass is 341 g/mol. The van der Waals surface area contributed by atoms with E-state index < -0.39 is 34.0 Å². The molecular formula is C14H19N3O5S. The first-order chi connectivity index (χ1) is 10.9. The fraction of sp³-hybridized carbons (Fsp3) is 0.429. The van der Waals surface area contributed by atoms with Crippen molar-refractivity contribution >= 4 is 21.9 Å². The van der Waals surface area contributed by atoms with Gasteiger partial charge in [-0.05, 0) is 25.0 Å². The number of carbonyl (C=O) groups is 2. The van der Waals surface area contributed by atoms with E-state index in [1.165, 1.54) is 12.1 Å². The van der Waals surface area contributed by atoms with Crippen LogP contribution in [0.2, 0.25) is 0 Å². The molecule has 9 heteroatoms. The molecule has 1 amide bonds. The van der Waals surface area contributed by atoms with Gasteiger partial charge in [-0.1, -0.05) is 18.2 Å². The summed E-state index contributed by atoms with van der Waals surface area (Å²) in [5.41, 5.74) is 5.30. The lowest BCUT2D eigenvalue weighted by Crippen LogP contribution is -2.53. The third kappa shape index (κ3) is 3.69. The second-order valence-electron chi connectivity index (χ2n) is 5.22. The van der Waals surface area contributed by atoms with Gasteiger partial charge in [0.1, 0.15) is 12.1 Å². The second kappa shape index (κ2) is 7.07. The molecule has 0 radical (unpaired) electrons. The molecule has 1 aromatic rings. The first-order valence-electron chi connectivity index (χ1n) is 7.18. The molecule has 1 fully saturated rings. The van der Waals surface area contributed by atoms with Crippen molar-refractivity contribution in [3.63, 3.8) is 0 Å². The highest BCUT2D eigenvalue weighted by molar-refractivity contribution is 7.89. The van der Waals surface area contributed by atoms with E-state index in [1.807, 2.05) is 0 Å². The summed E-state index contributed by atoms with van der Waals surface area (Å²) in [5.74, 6) is -1.89. The average molecular weight is 341 g/mol. The van der Waals surface area contributed by atoms with E-state index in [1.54, 1.807) is 18.2 Å². The fourth-order valence-corrected chi connectivity index (χ4v) is 4.18. The number of nitrogens with two attached hydrogens (primary N) is 1. The van der Waals surface area contributed by atoms with Crippen LogP contribution in [-0.2, 0) is 19.6 Å². The number of nitrogens with one attached hydrogen (secondary N) is 1. The van der Waals surface area contributed by atoms with Crippen LogP contribution >= 0.6 is 0 Å². The third-order valence-electron chi connectivity index (χ3n) is 3.71. The number of carboxylic acid groups (broad SMARTS) is 1. The maximum absolute atomic E-state index is 12.6. The van der Waals surface area contributed by atoms with Crippen molar-refractivity contribution in [2.24, 2.45) is 5.73 Å². The van der Waals surface area contributed by atoms with E-state index in [9.17, 15) is 18.0 Å². The quantitative estimate of drug-likeness (QED) is 0.631. The smallest absolute Gasteiger partial charge is 0.327 e. The Kier molecular flexibility index (Phi) is 5.34. The average Bonchev–Trinajstić information content (AvgIpc) is 3.03. The molecule has 0 aromatic heterocycles. The van der Waals surface area contributed by atoms with Crippen LogP contribution in [0.5, 0.6) is 0 Å². The Balaban J connectivity index is 2.20. The van der Waals surface area contributed by atoms with Gasteiger partial charge in [0.25, 0.3) is 0 Å². The Labute approximate surface area is 134 Å². The number of aliphatic carboxylic acids is 1. The van der Waals surface area contributed by atoms with Gasteiger partial charge in [0, 0.05) is 13.1 Å². The third-order valence-corrected chi connectivity index (χ3v) is 5.63. The van der Waals surface area contributed by atoms with Gasteiger partial charge >= 0.3 is 5.97 Å². The van der Waals surface area contributed by atoms with Crippen molar-refractivity contribution in [3.05, 3.63) is 30.3 Å². The molecule has 0 saturated carbocycles. The van der Waals surface area contributed by atoms with Crippen molar-refractivity contribution in [2.45, 2.75) is 29.8 Å². The standard InChI is InChI=1S/C14H19N3O5S/c15-9-11(14(19)20)16-13(18)12-7-4-8-17(12)23(21,22)10-5-2-1-3-6-10/h1-3,5-6,11-12H,4,7-9,15H2,(H,16,18)(H,19,20). The van der Waals surface area contributed by atoms with Gasteiger partial charge in [-0.15, -0.1) is 0 Å². The van der Waals surface area contributed by atoms with Crippen LogP contribution in [0.3, 0.4) is 0 Å². The van der Waals surface area contributed by atoms with Crippen molar-refractivity contribution in [2.75, 3.05) is 13.1 Å². The number of hydrogen-bond acceptors (Lipinski definition) is 5. The van der Waals surface area contributed by atoms with Gasteiger partial charge in [-0.25, -0.2) is 13.2 Å². The minimum absolute atomic E-state index is 0.105. The molecule has 0 spiro atoms. The summed E-state index contributed by atoms with van der Waals surface area (Å²) in [6, 6.07) is 5.68.